The minimum absolute atomic E-state index is 0.0842. The smallest absolute Gasteiger partial charge is 0.213 e. The molecule has 0 aliphatic carbocycles. The van der Waals surface area contributed by atoms with Crippen molar-refractivity contribution in [3.63, 3.8) is 0 Å². The van der Waals surface area contributed by atoms with Crippen LogP contribution in [0.25, 0.3) is 0 Å². The fourth-order valence-electron chi connectivity index (χ4n) is 1.97. The average Bonchev–Trinajstić information content (AvgIpc) is 2.76. The quantitative estimate of drug-likeness (QED) is 0.754. The van der Waals surface area contributed by atoms with E-state index >= 15 is 0 Å². The van der Waals surface area contributed by atoms with Crippen molar-refractivity contribution in [1.82, 2.24) is 14.1 Å². The molecule has 2 rings (SSSR count). The van der Waals surface area contributed by atoms with Gasteiger partial charge in [0.1, 0.15) is 5.54 Å². The molecule has 0 aromatic carbocycles. The van der Waals surface area contributed by atoms with E-state index in [2.05, 4.69) is 17.2 Å². The van der Waals surface area contributed by atoms with E-state index in [0.717, 1.165) is 0 Å². The lowest BCUT2D eigenvalue weighted by atomic mass is 9.89. The molecule has 1 aromatic heterocycles. The number of nitrogens with zero attached hydrogens (tertiary/aromatic N) is 4. The molecule has 1 aliphatic rings. The molecule has 7 heteroatoms. The Bertz CT molecular complexity index is 523. The van der Waals surface area contributed by atoms with Crippen molar-refractivity contribution in [3.8, 4) is 6.07 Å². The van der Waals surface area contributed by atoms with Crippen LogP contribution in [0.1, 0.15) is 13.3 Å². The summed E-state index contributed by atoms with van der Waals surface area (Å²) in [7, 11) is -3.17. The van der Waals surface area contributed by atoms with Crippen molar-refractivity contribution in [2.24, 2.45) is 0 Å². The molecule has 0 unspecified atom stereocenters. The van der Waals surface area contributed by atoms with Crippen molar-refractivity contribution in [3.05, 3.63) is 18.5 Å². The summed E-state index contributed by atoms with van der Waals surface area (Å²) in [6.45, 7) is 2.24. The summed E-state index contributed by atoms with van der Waals surface area (Å²) >= 11 is 0. The first-order valence-corrected chi connectivity index (χ1v) is 6.91. The third-order valence-electron chi connectivity index (χ3n) is 3.05. The molecule has 1 saturated heterocycles. The van der Waals surface area contributed by atoms with Crippen LogP contribution >= 0.6 is 0 Å². The summed E-state index contributed by atoms with van der Waals surface area (Å²) in [6.07, 6.45) is 3.40. The monoisotopic (exact) mass is 253 g/mol. The molecule has 0 saturated carbocycles. The Balaban J connectivity index is 2.19. The van der Waals surface area contributed by atoms with Gasteiger partial charge in [0.15, 0.2) is 0 Å². The van der Waals surface area contributed by atoms with Gasteiger partial charge in [0.2, 0.25) is 10.0 Å². The van der Waals surface area contributed by atoms with Crippen molar-refractivity contribution in [2.45, 2.75) is 18.9 Å². The van der Waals surface area contributed by atoms with Gasteiger partial charge in [-0.1, -0.05) is 0 Å². The predicted molar refractivity (Wildman–Crippen MR) is 60.3 cm³/mol. The molecular weight excluding hydrogens is 240 g/mol. The van der Waals surface area contributed by atoms with Crippen molar-refractivity contribution >= 4 is 10.0 Å². The first-order chi connectivity index (χ1) is 8.04. The highest BCUT2D eigenvalue weighted by Crippen LogP contribution is 2.33. The molecule has 6 nitrogen and oxygen atoms in total. The van der Waals surface area contributed by atoms with E-state index in [4.69, 9.17) is 5.26 Å². The third-order valence-corrected chi connectivity index (χ3v) is 4.82. The molecule has 0 N–H and O–H groups in total. The lowest BCUT2D eigenvalue weighted by Gasteiger charge is -2.47. The van der Waals surface area contributed by atoms with Crippen LogP contribution in [0.5, 0.6) is 0 Å². The van der Waals surface area contributed by atoms with Crippen LogP contribution in [0.15, 0.2) is 12.4 Å². The molecule has 1 aromatic rings. The molecule has 0 atom stereocenters. The summed E-state index contributed by atoms with van der Waals surface area (Å²) in [6, 6.07) is 4.90. The number of nitriles is 1. The Kier molecular flexibility index (Phi) is 2.93. The van der Waals surface area contributed by atoms with Gasteiger partial charge in [-0.05, 0) is 6.92 Å². The van der Waals surface area contributed by atoms with Gasteiger partial charge in [-0.3, -0.25) is 4.68 Å². The highest BCUT2D eigenvalue weighted by molar-refractivity contribution is 7.89. The summed E-state index contributed by atoms with van der Waals surface area (Å²) in [5.74, 6) is 0.0842. The highest BCUT2D eigenvalue weighted by Gasteiger charge is 2.49. The van der Waals surface area contributed by atoms with Crippen LogP contribution in [0.4, 0.5) is 0 Å². The Morgan fingerprint density at radius 3 is 2.76 bits per heavy atom. The van der Waals surface area contributed by atoms with E-state index < -0.39 is 15.6 Å². The first kappa shape index (κ1) is 12.1. The maximum atomic E-state index is 11.6. The van der Waals surface area contributed by atoms with Gasteiger partial charge in [-0.25, -0.2) is 8.42 Å². The Hall–Kier alpha value is -1.39. The molecule has 1 fully saturated rings. The first-order valence-electron chi connectivity index (χ1n) is 5.30. The number of rotatable bonds is 4. The second kappa shape index (κ2) is 4.13. The van der Waals surface area contributed by atoms with Gasteiger partial charge in [0.25, 0.3) is 0 Å². The van der Waals surface area contributed by atoms with Gasteiger partial charge in [-0.2, -0.15) is 14.7 Å². The molecule has 1 aliphatic heterocycles. The predicted octanol–water partition coefficient (Wildman–Crippen LogP) is -0.0424. The van der Waals surface area contributed by atoms with Crippen LogP contribution in [0, 0.1) is 17.4 Å². The fourth-order valence-corrected chi connectivity index (χ4v) is 3.21. The van der Waals surface area contributed by atoms with Crippen LogP contribution in [0.2, 0.25) is 0 Å². The van der Waals surface area contributed by atoms with E-state index in [1.54, 1.807) is 17.8 Å². The van der Waals surface area contributed by atoms with Gasteiger partial charge in [-0.15, -0.1) is 0 Å². The van der Waals surface area contributed by atoms with Gasteiger partial charge in [0, 0.05) is 25.4 Å². The Morgan fingerprint density at radius 1 is 1.59 bits per heavy atom. The fraction of sp³-hybridized carbons (Fsp3) is 0.600. The van der Waals surface area contributed by atoms with Crippen LogP contribution in [-0.4, -0.2) is 41.3 Å². The van der Waals surface area contributed by atoms with Crippen molar-refractivity contribution in [1.29, 1.82) is 5.26 Å². The Morgan fingerprint density at radius 2 is 2.29 bits per heavy atom. The zero-order valence-electron chi connectivity index (χ0n) is 9.50. The number of hydrogen-bond acceptors (Lipinski definition) is 4. The molecule has 0 spiro atoms. The topological polar surface area (TPSA) is 79.0 Å². The van der Waals surface area contributed by atoms with Crippen LogP contribution < -0.4 is 0 Å². The zero-order chi connectivity index (χ0) is 12.5. The minimum atomic E-state index is -3.17. The Labute approximate surface area is 101 Å². The third kappa shape index (κ3) is 1.94. The maximum Gasteiger partial charge on any atom is 0.213 e. The number of aromatic nitrogens is 2. The largest absolute Gasteiger partial charge is 0.262 e. The number of hydrogen-bond donors (Lipinski definition) is 0. The summed E-state index contributed by atoms with van der Waals surface area (Å²) in [4.78, 5) is 0. The second-order valence-electron chi connectivity index (χ2n) is 4.11. The standard InChI is InChI=1S/C10H13N4O2S/c1-2-17(15,16)13-8-10(9-13,4-5-11)14-7-3-6-12-14/h6-7H,2,4,8-9H2,1H3. The van der Waals surface area contributed by atoms with E-state index in [1.165, 1.54) is 10.5 Å². The van der Waals surface area contributed by atoms with Crippen LogP contribution in [-0.2, 0) is 15.6 Å². The van der Waals surface area contributed by atoms with E-state index in [0.29, 0.717) is 13.1 Å². The maximum absolute atomic E-state index is 11.6. The zero-order valence-corrected chi connectivity index (χ0v) is 10.3. The SMILES string of the molecule is CCS(=O)(=O)N1CC(CC#N)(n2c[c]cn2)C1. The molecule has 1 radical (unpaired) electrons. The highest BCUT2D eigenvalue weighted by atomic mass is 32.2. The van der Waals surface area contributed by atoms with Crippen molar-refractivity contribution < 1.29 is 8.42 Å². The molecule has 0 amide bonds. The normalized spacial score (nSPS) is 19.5. The number of sulfonamides is 1. The van der Waals surface area contributed by atoms with Crippen molar-refractivity contribution in [2.75, 3.05) is 18.8 Å². The lowest BCUT2D eigenvalue weighted by molar-refractivity contribution is 0.0718. The van der Waals surface area contributed by atoms with Crippen LogP contribution in [0.3, 0.4) is 0 Å². The molecule has 0 bridgehead atoms. The average molecular weight is 253 g/mol. The van der Waals surface area contributed by atoms with Gasteiger partial charge >= 0.3 is 0 Å². The molecule has 17 heavy (non-hydrogen) atoms. The van der Waals surface area contributed by atoms with Gasteiger partial charge in [0.05, 0.1) is 24.4 Å². The molecular formula is C10H13N4O2S. The van der Waals surface area contributed by atoms with Gasteiger partial charge < -0.3 is 0 Å². The summed E-state index contributed by atoms with van der Waals surface area (Å²) in [5.41, 5.74) is -0.517. The molecule has 2 heterocycles. The summed E-state index contributed by atoms with van der Waals surface area (Å²) < 4.78 is 26.3. The van der Waals surface area contributed by atoms with E-state index in [-0.39, 0.29) is 12.2 Å². The van der Waals surface area contributed by atoms with E-state index in [1.807, 2.05) is 0 Å². The minimum Gasteiger partial charge on any atom is -0.262 e. The van der Waals surface area contributed by atoms with E-state index in [9.17, 15) is 8.42 Å². The lowest BCUT2D eigenvalue weighted by Crippen LogP contribution is -2.64. The second-order valence-corrected chi connectivity index (χ2v) is 6.37. The summed E-state index contributed by atoms with van der Waals surface area (Å²) in [5, 5.41) is 12.9. The molecule has 91 valence electrons.